The van der Waals surface area contributed by atoms with E-state index in [1.807, 2.05) is 19.1 Å². The van der Waals surface area contributed by atoms with Crippen molar-refractivity contribution < 1.29 is 14.0 Å². The maximum atomic E-state index is 13.9. The third kappa shape index (κ3) is 3.50. The molecule has 2 heterocycles. The molecule has 0 aromatic heterocycles. The largest absolute Gasteiger partial charge is 0.372 e. The van der Waals surface area contributed by atoms with Gasteiger partial charge < -0.3 is 10.2 Å². The van der Waals surface area contributed by atoms with Gasteiger partial charge in [-0.3, -0.25) is 9.69 Å². The van der Waals surface area contributed by atoms with Crippen LogP contribution in [0.15, 0.2) is 48.2 Å². The van der Waals surface area contributed by atoms with E-state index < -0.39 is 17.8 Å². The van der Waals surface area contributed by atoms with Crippen LogP contribution >= 0.6 is 0 Å². The van der Waals surface area contributed by atoms with Crippen LogP contribution in [0.2, 0.25) is 0 Å². The zero-order valence-corrected chi connectivity index (χ0v) is 15.7. The van der Waals surface area contributed by atoms with E-state index in [0.29, 0.717) is 5.56 Å². The van der Waals surface area contributed by atoms with Crippen molar-refractivity contribution in [2.75, 3.05) is 18.0 Å². The lowest BCUT2D eigenvalue weighted by Crippen LogP contribution is -2.30. The van der Waals surface area contributed by atoms with Crippen molar-refractivity contribution in [3.05, 3.63) is 70.7 Å². The average molecular weight is 379 g/mol. The number of carbonyl (C=O) groups is 2. The van der Waals surface area contributed by atoms with Gasteiger partial charge in [0.2, 0.25) is 0 Å². The van der Waals surface area contributed by atoms with Crippen LogP contribution in [-0.4, -0.2) is 29.9 Å². The third-order valence-electron chi connectivity index (χ3n) is 5.27. The fraction of sp³-hybridized carbons (Fsp3) is 0.273. The molecule has 144 valence electrons. The number of amides is 3. The summed E-state index contributed by atoms with van der Waals surface area (Å²) in [5.74, 6) is -0.884. The summed E-state index contributed by atoms with van der Waals surface area (Å²) in [5, 5.41) is 2.60. The van der Waals surface area contributed by atoms with Crippen molar-refractivity contribution in [3.8, 4) is 0 Å². The molecule has 2 aliphatic heterocycles. The van der Waals surface area contributed by atoms with Gasteiger partial charge in [-0.1, -0.05) is 24.3 Å². The second-order valence-corrected chi connectivity index (χ2v) is 7.21. The van der Waals surface area contributed by atoms with E-state index in [1.54, 1.807) is 24.3 Å². The minimum atomic E-state index is -0.536. The number of nitrogens with one attached hydrogen (secondary N) is 1. The Balaban J connectivity index is 1.54. The SMILES string of the molecule is Cc1cc(N2CCCC2)ccc1/C=C1\NC(=O)N(Cc2ccccc2F)C1=O. The van der Waals surface area contributed by atoms with Crippen molar-refractivity contribution >= 4 is 23.7 Å². The van der Waals surface area contributed by atoms with Gasteiger partial charge >= 0.3 is 6.03 Å². The first kappa shape index (κ1) is 18.2. The minimum Gasteiger partial charge on any atom is -0.372 e. The molecule has 5 nitrogen and oxygen atoms in total. The zero-order chi connectivity index (χ0) is 19.7. The Bertz CT molecular complexity index is 964. The maximum Gasteiger partial charge on any atom is 0.329 e. The van der Waals surface area contributed by atoms with Crippen LogP contribution in [0.5, 0.6) is 0 Å². The molecule has 4 rings (SSSR count). The van der Waals surface area contributed by atoms with E-state index in [2.05, 4.69) is 16.3 Å². The number of hydrogen-bond donors (Lipinski definition) is 1. The molecular formula is C22H22FN3O2. The standard InChI is InChI=1S/C22H22FN3O2/c1-15-12-18(25-10-4-5-11-25)9-8-16(15)13-20-21(27)26(22(28)24-20)14-17-6-2-3-7-19(17)23/h2-3,6-9,12-13H,4-5,10-11,14H2,1H3,(H,24,28)/b20-13-. The molecule has 0 bridgehead atoms. The van der Waals surface area contributed by atoms with Crippen molar-refractivity contribution in [2.45, 2.75) is 26.3 Å². The maximum absolute atomic E-state index is 13.9. The second-order valence-electron chi connectivity index (χ2n) is 7.21. The van der Waals surface area contributed by atoms with Crippen molar-refractivity contribution in [1.82, 2.24) is 10.2 Å². The highest BCUT2D eigenvalue weighted by atomic mass is 19.1. The summed E-state index contributed by atoms with van der Waals surface area (Å²) >= 11 is 0. The van der Waals surface area contributed by atoms with Gasteiger partial charge in [0.1, 0.15) is 11.5 Å². The predicted octanol–water partition coefficient (Wildman–Crippen LogP) is 3.83. The Hall–Kier alpha value is -3.15. The molecule has 3 amide bonds. The van der Waals surface area contributed by atoms with Crippen molar-refractivity contribution in [1.29, 1.82) is 0 Å². The lowest BCUT2D eigenvalue weighted by Gasteiger charge is -2.18. The number of urea groups is 1. The van der Waals surface area contributed by atoms with Crippen LogP contribution in [0, 0.1) is 12.7 Å². The van der Waals surface area contributed by atoms with Crippen LogP contribution in [-0.2, 0) is 11.3 Å². The van der Waals surface area contributed by atoms with Gasteiger partial charge in [-0.05, 0) is 55.2 Å². The monoisotopic (exact) mass is 379 g/mol. The average Bonchev–Trinajstić information content (AvgIpc) is 3.30. The van der Waals surface area contributed by atoms with Crippen LogP contribution in [0.1, 0.15) is 29.5 Å². The van der Waals surface area contributed by atoms with Crippen molar-refractivity contribution in [3.63, 3.8) is 0 Å². The molecule has 1 N–H and O–H groups in total. The summed E-state index contributed by atoms with van der Waals surface area (Å²) in [7, 11) is 0. The molecule has 0 atom stereocenters. The molecule has 0 unspecified atom stereocenters. The summed E-state index contributed by atoms with van der Waals surface area (Å²) in [6.07, 6.45) is 4.11. The number of imide groups is 1. The zero-order valence-electron chi connectivity index (χ0n) is 15.7. The number of halogens is 1. The fourth-order valence-electron chi connectivity index (χ4n) is 3.66. The second kappa shape index (κ2) is 7.46. The molecule has 0 aliphatic carbocycles. The predicted molar refractivity (Wildman–Crippen MR) is 106 cm³/mol. The number of hydrogen-bond acceptors (Lipinski definition) is 3. The summed E-state index contributed by atoms with van der Waals surface area (Å²) in [5.41, 5.74) is 3.60. The Labute approximate surface area is 163 Å². The highest BCUT2D eigenvalue weighted by Crippen LogP contribution is 2.25. The third-order valence-corrected chi connectivity index (χ3v) is 5.27. The smallest absolute Gasteiger partial charge is 0.329 e. The van der Waals surface area contributed by atoms with E-state index in [4.69, 9.17) is 0 Å². The molecular weight excluding hydrogens is 357 g/mol. The van der Waals surface area contributed by atoms with E-state index >= 15 is 0 Å². The van der Waals surface area contributed by atoms with Crippen LogP contribution in [0.25, 0.3) is 6.08 Å². The van der Waals surface area contributed by atoms with Crippen LogP contribution in [0.3, 0.4) is 0 Å². The summed E-state index contributed by atoms with van der Waals surface area (Å²) in [4.78, 5) is 28.3. The summed E-state index contributed by atoms with van der Waals surface area (Å²) < 4.78 is 13.9. The molecule has 2 saturated heterocycles. The molecule has 0 spiro atoms. The molecule has 2 aromatic carbocycles. The first-order valence-corrected chi connectivity index (χ1v) is 9.46. The van der Waals surface area contributed by atoms with E-state index in [0.717, 1.165) is 29.1 Å². The lowest BCUT2D eigenvalue weighted by atomic mass is 10.1. The number of rotatable bonds is 4. The summed E-state index contributed by atoms with van der Waals surface area (Å²) in [6, 6.07) is 11.7. The Kier molecular flexibility index (Phi) is 4.86. The first-order valence-electron chi connectivity index (χ1n) is 9.46. The molecule has 0 radical (unpaired) electrons. The molecule has 2 fully saturated rings. The van der Waals surface area contributed by atoms with Crippen molar-refractivity contribution in [2.24, 2.45) is 0 Å². The Morgan fingerprint density at radius 3 is 2.57 bits per heavy atom. The summed E-state index contributed by atoms with van der Waals surface area (Å²) in [6.45, 7) is 4.03. The molecule has 6 heteroatoms. The number of aryl methyl sites for hydroxylation is 1. The number of carbonyl (C=O) groups excluding carboxylic acids is 2. The van der Waals surface area contributed by atoms with Gasteiger partial charge in [-0.15, -0.1) is 0 Å². The van der Waals surface area contributed by atoms with E-state index in [9.17, 15) is 14.0 Å². The van der Waals surface area contributed by atoms with Gasteiger partial charge in [-0.25, -0.2) is 9.18 Å². The number of anilines is 1. The van der Waals surface area contributed by atoms with Gasteiger partial charge in [0.25, 0.3) is 5.91 Å². The molecule has 2 aliphatic rings. The van der Waals surface area contributed by atoms with Gasteiger partial charge in [-0.2, -0.15) is 0 Å². The quantitative estimate of drug-likeness (QED) is 0.649. The van der Waals surface area contributed by atoms with Crippen LogP contribution in [0.4, 0.5) is 14.9 Å². The number of benzene rings is 2. The lowest BCUT2D eigenvalue weighted by molar-refractivity contribution is -0.123. The molecule has 2 aromatic rings. The Morgan fingerprint density at radius 2 is 1.86 bits per heavy atom. The highest BCUT2D eigenvalue weighted by molar-refractivity contribution is 6.14. The fourth-order valence-corrected chi connectivity index (χ4v) is 3.66. The van der Waals surface area contributed by atoms with Gasteiger partial charge in [0.05, 0.1) is 6.54 Å². The van der Waals surface area contributed by atoms with Gasteiger partial charge in [0.15, 0.2) is 0 Å². The molecule has 0 saturated carbocycles. The highest BCUT2D eigenvalue weighted by Gasteiger charge is 2.34. The number of nitrogens with zero attached hydrogens (tertiary/aromatic N) is 2. The topological polar surface area (TPSA) is 52.7 Å². The van der Waals surface area contributed by atoms with E-state index in [-0.39, 0.29) is 12.2 Å². The van der Waals surface area contributed by atoms with Gasteiger partial charge in [0, 0.05) is 24.3 Å². The first-order chi connectivity index (χ1) is 13.5. The van der Waals surface area contributed by atoms with Crippen LogP contribution < -0.4 is 10.2 Å². The normalized spacial score (nSPS) is 18.3. The minimum absolute atomic E-state index is 0.0957. The Morgan fingerprint density at radius 1 is 1.11 bits per heavy atom. The van der Waals surface area contributed by atoms with E-state index in [1.165, 1.54) is 24.6 Å². The molecule has 28 heavy (non-hydrogen) atoms.